The van der Waals surface area contributed by atoms with E-state index in [2.05, 4.69) is 62.4 Å². The zero-order valence-corrected chi connectivity index (χ0v) is 20.8. The van der Waals surface area contributed by atoms with Crippen molar-refractivity contribution in [2.24, 2.45) is 0 Å². The number of hydrogen-bond donors (Lipinski definition) is 1. The minimum atomic E-state index is 0.566. The number of hydroxylamine groups is 2. The summed E-state index contributed by atoms with van der Waals surface area (Å²) in [7, 11) is 0. The van der Waals surface area contributed by atoms with Crippen molar-refractivity contribution in [3.05, 3.63) is 70.8 Å². The summed E-state index contributed by atoms with van der Waals surface area (Å²) in [6.45, 7) is 5.67. The first kappa shape index (κ1) is 26.6. The molecule has 0 radical (unpaired) electrons. The lowest BCUT2D eigenvalue weighted by Gasteiger charge is -2.15. The van der Waals surface area contributed by atoms with Gasteiger partial charge in [0.15, 0.2) is 0 Å². The zero-order valence-electron chi connectivity index (χ0n) is 20.8. The van der Waals surface area contributed by atoms with E-state index in [0.29, 0.717) is 13.1 Å². The highest BCUT2D eigenvalue weighted by molar-refractivity contribution is 5.24. The van der Waals surface area contributed by atoms with Crippen LogP contribution in [0, 0.1) is 0 Å². The van der Waals surface area contributed by atoms with Crippen LogP contribution in [0.4, 0.5) is 0 Å². The first-order valence-electron chi connectivity index (χ1n) is 13.3. The lowest BCUT2D eigenvalue weighted by molar-refractivity contribution is -0.108. The van der Waals surface area contributed by atoms with Gasteiger partial charge in [-0.05, 0) is 47.9 Å². The molecule has 0 unspecified atom stereocenters. The molecule has 0 atom stereocenters. The van der Waals surface area contributed by atoms with Crippen molar-refractivity contribution in [2.75, 3.05) is 0 Å². The van der Waals surface area contributed by atoms with Gasteiger partial charge in [0.2, 0.25) is 0 Å². The van der Waals surface area contributed by atoms with Gasteiger partial charge in [-0.1, -0.05) is 127 Å². The number of hydrogen-bond acceptors (Lipinski definition) is 2. The van der Waals surface area contributed by atoms with E-state index in [4.69, 9.17) is 0 Å². The molecule has 2 nitrogen and oxygen atoms in total. The summed E-state index contributed by atoms with van der Waals surface area (Å²) in [6.07, 6.45) is 18.4. The van der Waals surface area contributed by atoms with Gasteiger partial charge in [-0.2, -0.15) is 5.06 Å². The molecule has 2 aromatic carbocycles. The lowest BCUT2D eigenvalue weighted by Crippen LogP contribution is -2.18. The Morgan fingerprint density at radius 3 is 1.16 bits per heavy atom. The van der Waals surface area contributed by atoms with E-state index in [-0.39, 0.29) is 0 Å². The van der Waals surface area contributed by atoms with Crippen LogP contribution in [-0.2, 0) is 25.9 Å². The molecule has 0 saturated carbocycles. The van der Waals surface area contributed by atoms with E-state index >= 15 is 0 Å². The Hall–Kier alpha value is -1.64. The van der Waals surface area contributed by atoms with E-state index < -0.39 is 0 Å². The van der Waals surface area contributed by atoms with Crippen molar-refractivity contribution in [3.8, 4) is 0 Å². The van der Waals surface area contributed by atoms with E-state index in [1.807, 2.05) is 0 Å². The Morgan fingerprint density at radius 1 is 0.469 bits per heavy atom. The summed E-state index contributed by atoms with van der Waals surface area (Å²) in [5.74, 6) is 0. The molecule has 178 valence electrons. The van der Waals surface area contributed by atoms with Crippen molar-refractivity contribution < 1.29 is 5.21 Å². The van der Waals surface area contributed by atoms with Gasteiger partial charge in [0.1, 0.15) is 0 Å². The van der Waals surface area contributed by atoms with Crippen LogP contribution in [-0.4, -0.2) is 10.3 Å². The van der Waals surface area contributed by atoms with Gasteiger partial charge in [0, 0.05) is 13.1 Å². The fraction of sp³-hybridized carbons (Fsp3) is 0.600. The molecule has 0 aromatic heterocycles. The van der Waals surface area contributed by atoms with Gasteiger partial charge in [-0.3, -0.25) is 0 Å². The average molecular weight is 438 g/mol. The van der Waals surface area contributed by atoms with Gasteiger partial charge in [0.25, 0.3) is 0 Å². The molecule has 0 aliphatic rings. The number of nitrogens with zero attached hydrogens (tertiary/aromatic N) is 1. The second-order valence-electron chi connectivity index (χ2n) is 9.49. The molecule has 1 N–H and O–H groups in total. The number of aryl methyl sites for hydroxylation is 2. The Balaban J connectivity index is 1.64. The normalized spacial score (nSPS) is 11.4. The Kier molecular flexibility index (Phi) is 14.1. The van der Waals surface area contributed by atoms with Crippen LogP contribution in [0.1, 0.15) is 113 Å². The molecule has 0 aliphatic carbocycles. The van der Waals surface area contributed by atoms with Crippen LogP contribution < -0.4 is 0 Å². The van der Waals surface area contributed by atoms with Crippen LogP contribution >= 0.6 is 0 Å². The molecular weight excluding hydrogens is 390 g/mol. The maximum Gasteiger partial charge on any atom is 0.0492 e. The molecule has 0 spiro atoms. The molecule has 0 heterocycles. The summed E-state index contributed by atoms with van der Waals surface area (Å²) >= 11 is 0. The third-order valence-corrected chi connectivity index (χ3v) is 6.41. The second-order valence-corrected chi connectivity index (χ2v) is 9.49. The van der Waals surface area contributed by atoms with Crippen LogP contribution in [0.2, 0.25) is 0 Å². The summed E-state index contributed by atoms with van der Waals surface area (Å²) in [5, 5.41) is 11.8. The van der Waals surface area contributed by atoms with Gasteiger partial charge in [-0.15, -0.1) is 0 Å². The monoisotopic (exact) mass is 437 g/mol. The smallest absolute Gasteiger partial charge is 0.0492 e. The highest BCUT2D eigenvalue weighted by Crippen LogP contribution is 2.15. The summed E-state index contributed by atoms with van der Waals surface area (Å²) in [5.41, 5.74) is 5.15. The van der Waals surface area contributed by atoms with Crippen molar-refractivity contribution >= 4 is 0 Å². The molecule has 0 amide bonds. The highest BCUT2D eigenvalue weighted by atomic mass is 16.5. The lowest BCUT2D eigenvalue weighted by atomic mass is 10.0. The standard InChI is InChI=1S/C30H47NO/c1-3-5-7-9-11-13-15-27-17-21-29(22-18-27)25-31(32)26-30-23-19-28(20-24-30)16-14-12-10-8-6-4-2/h17-24,32H,3-16,25-26H2,1-2H3. The first-order chi connectivity index (χ1) is 15.7. The molecule has 2 heteroatoms. The fourth-order valence-electron chi connectivity index (χ4n) is 4.32. The molecule has 32 heavy (non-hydrogen) atoms. The Bertz CT molecular complexity index is 630. The van der Waals surface area contributed by atoms with E-state index in [1.165, 1.54) is 117 Å². The topological polar surface area (TPSA) is 23.5 Å². The van der Waals surface area contributed by atoms with Gasteiger partial charge < -0.3 is 5.21 Å². The SMILES string of the molecule is CCCCCCCCc1ccc(CN(O)Cc2ccc(CCCCCCCC)cc2)cc1. The van der Waals surface area contributed by atoms with Crippen LogP contribution in [0.25, 0.3) is 0 Å². The minimum absolute atomic E-state index is 0.566. The van der Waals surface area contributed by atoms with Crippen LogP contribution in [0.3, 0.4) is 0 Å². The summed E-state index contributed by atoms with van der Waals surface area (Å²) in [4.78, 5) is 0. The Labute approximate surface area is 198 Å². The van der Waals surface area contributed by atoms with Crippen molar-refractivity contribution in [2.45, 2.75) is 117 Å². The molecule has 0 fully saturated rings. The summed E-state index contributed by atoms with van der Waals surface area (Å²) < 4.78 is 0. The van der Waals surface area contributed by atoms with Gasteiger partial charge >= 0.3 is 0 Å². The van der Waals surface area contributed by atoms with Crippen molar-refractivity contribution in [1.29, 1.82) is 0 Å². The molecule has 2 aromatic rings. The van der Waals surface area contributed by atoms with E-state index in [1.54, 1.807) is 0 Å². The zero-order chi connectivity index (χ0) is 22.9. The third kappa shape index (κ3) is 11.8. The van der Waals surface area contributed by atoms with Crippen LogP contribution in [0.15, 0.2) is 48.5 Å². The maximum absolute atomic E-state index is 10.4. The average Bonchev–Trinajstić information content (AvgIpc) is 2.80. The van der Waals surface area contributed by atoms with Gasteiger partial charge in [0.05, 0.1) is 0 Å². The molecule has 0 bridgehead atoms. The molecule has 0 aliphatic heterocycles. The predicted octanol–water partition coefficient (Wildman–Crippen LogP) is 8.88. The van der Waals surface area contributed by atoms with Crippen LogP contribution in [0.5, 0.6) is 0 Å². The third-order valence-electron chi connectivity index (χ3n) is 6.41. The van der Waals surface area contributed by atoms with E-state index in [9.17, 15) is 5.21 Å². The largest absolute Gasteiger partial charge is 0.313 e. The predicted molar refractivity (Wildman–Crippen MR) is 138 cm³/mol. The second kappa shape index (κ2) is 16.9. The Morgan fingerprint density at radius 2 is 0.781 bits per heavy atom. The molecule has 2 rings (SSSR count). The quantitative estimate of drug-likeness (QED) is 0.186. The molecule has 0 saturated heterocycles. The highest BCUT2D eigenvalue weighted by Gasteiger charge is 2.05. The van der Waals surface area contributed by atoms with E-state index in [0.717, 1.165) is 0 Å². The number of benzene rings is 2. The number of rotatable bonds is 18. The fourth-order valence-corrected chi connectivity index (χ4v) is 4.32. The molecular formula is C30H47NO. The minimum Gasteiger partial charge on any atom is -0.313 e. The summed E-state index contributed by atoms with van der Waals surface area (Å²) in [6, 6.07) is 17.6. The number of unbranched alkanes of at least 4 members (excludes halogenated alkanes) is 10. The van der Waals surface area contributed by atoms with Crippen molar-refractivity contribution in [1.82, 2.24) is 5.06 Å². The van der Waals surface area contributed by atoms with Gasteiger partial charge in [-0.25, -0.2) is 0 Å². The first-order valence-corrected chi connectivity index (χ1v) is 13.3. The maximum atomic E-state index is 10.4. The van der Waals surface area contributed by atoms with Crippen molar-refractivity contribution in [3.63, 3.8) is 0 Å².